The second kappa shape index (κ2) is 12.9. The molecule has 9 heteroatoms. The van der Waals surface area contributed by atoms with Gasteiger partial charge >= 0.3 is 5.97 Å². The van der Waals surface area contributed by atoms with Gasteiger partial charge in [-0.1, -0.05) is 65.9 Å². The Hall–Kier alpha value is -5.15. The maximum Gasteiger partial charge on any atom is 0.338 e. The third kappa shape index (κ3) is 5.61. The highest BCUT2D eigenvalue weighted by Gasteiger charge is 2.35. The molecule has 2 aromatic heterocycles. The van der Waals surface area contributed by atoms with Crippen molar-refractivity contribution in [1.82, 2.24) is 9.13 Å². The number of thiazole rings is 1. The van der Waals surface area contributed by atoms with E-state index in [0.717, 1.165) is 28.2 Å². The van der Waals surface area contributed by atoms with E-state index in [1.165, 1.54) is 22.5 Å². The number of benzene rings is 3. The molecular weight excluding hydrogens is 611 g/mol. The number of nitrogens with zero attached hydrogens (tertiary/aromatic N) is 3. The number of fused-ring (bicyclic) bond motifs is 1. The van der Waals surface area contributed by atoms with E-state index in [-0.39, 0.29) is 17.7 Å². The normalized spacial score (nSPS) is 14.5. The predicted octanol–water partition coefficient (Wildman–Crippen LogP) is 5.98. The van der Waals surface area contributed by atoms with Gasteiger partial charge in [0.05, 0.1) is 48.4 Å². The average Bonchev–Trinajstić information content (AvgIpc) is 3.53. The second-order valence-corrected chi connectivity index (χ2v) is 12.5. The summed E-state index contributed by atoms with van der Waals surface area (Å²) in [6.45, 7) is 10.3. The molecule has 0 amide bonds. The van der Waals surface area contributed by atoms with Gasteiger partial charge in [-0.15, -0.1) is 0 Å². The fourth-order valence-electron chi connectivity index (χ4n) is 6.36. The van der Waals surface area contributed by atoms with E-state index >= 15 is 0 Å². The molecule has 1 aliphatic heterocycles. The van der Waals surface area contributed by atoms with Gasteiger partial charge in [-0.25, -0.2) is 9.79 Å². The van der Waals surface area contributed by atoms with Crippen molar-refractivity contribution in [2.24, 2.45) is 4.99 Å². The fourth-order valence-corrected chi connectivity index (χ4v) is 7.35. The van der Waals surface area contributed by atoms with Crippen LogP contribution in [0.1, 0.15) is 52.2 Å². The number of methoxy groups -OCH3 is 2. The van der Waals surface area contributed by atoms with Gasteiger partial charge in [0.1, 0.15) is 0 Å². The lowest BCUT2D eigenvalue weighted by Crippen LogP contribution is -2.40. The summed E-state index contributed by atoms with van der Waals surface area (Å²) in [6, 6.07) is 22.5. The molecule has 0 saturated carbocycles. The van der Waals surface area contributed by atoms with Gasteiger partial charge in [-0.2, -0.15) is 0 Å². The Bertz CT molecular complexity index is 2200. The minimum absolute atomic E-state index is 0.170. The number of esters is 1. The first-order valence-electron chi connectivity index (χ1n) is 15.4. The molecular formula is C38H37N3O5S. The average molecular weight is 648 g/mol. The molecule has 1 atom stereocenters. The Kier molecular flexibility index (Phi) is 8.75. The number of carbonyl (C=O) groups is 1. The van der Waals surface area contributed by atoms with Gasteiger partial charge in [-0.05, 0) is 81.1 Å². The fraction of sp³-hybridized carbons (Fsp3) is 0.237. The summed E-state index contributed by atoms with van der Waals surface area (Å²) in [7, 11) is 3.12. The molecule has 3 aromatic carbocycles. The number of aromatic nitrogens is 2. The summed E-state index contributed by atoms with van der Waals surface area (Å²) in [5, 5.41) is 0. The molecule has 0 unspecified atom stereocenters. The molecule has 0 aliphatic carbocycles. The van der Waals surface area contributed by atoms with Gasteiger partial charge in [0.2, 0.25) is 0 Å². The lowest BCUT2D eigenvalue weighted by molar-refractivity contribution is -0.138. The van der Waals surface area contributed by atoms with Crippen molar-refractivity contribution in [3.8, 4) is 17.2 Å². The molecule has 0 fully saturated rings. The van der Waals surface area contributed by atoms with E-state index in [1.807, 2.05) is 42.5 Å². The van der Waals surface area contributed by atoms with Gasteiger partial charge in [0.25, 0.3) is 5.56 Å². The molecule has 3 heterocycles. The van der Waals surface area contributed by atoms with Crippen LogP contribution in [0.15, 0.2) is 88.2 Å². The van der Waals surface area contributed by atoms with Gasteiger partial charge < -0.3 is 18.8 Å². The zero-order valence-corrected chi connectivity index (χ0v) is 28.4. The second-order valence-electron chi connectivity index (χ2n) is 11.4. The summed E-state index contributed by atoms with van der Waals surface area (Å²) in [5.41, 5.74) is 8.42. The highest BCUT2D eigenvalue weighted by atomic mass is 32.1. The Morgan fingerprint density at radius 3 is 2.28 bits per heavy atom. The van der Waals surface area contributed by atoms with Gasteiger partial charge in [-0.3, -0.25) is 9.36 Å². The summed E-state index contributed by atoms with van der Waals surface area (Å²) in [5.74, 6) is 0.474. The first kappa shape index (κ1) is 31.8. The van der Waals surface area contributed by atoms with Crippen LogP contribution in [-0.2, 0) is 9.53 Å². The van der Waals surface area contributed by atoms with E-state index in [0.29, 0.717) is 32.1 Å². The summed E-state index contributed by atoms with van der Waals surface area (Å²) >= 11 is 1.30. The van der Waals surface area contributed by atoms with Crippen molar-refractivity contribution in [3.05, 3.63) is 137 Å². The largest absolute Gasteiger partial charge is 0.493 e. The van der Waals surface area contributed by atoms with Crippen LogP contribution in [0.3, 0.4) is 0 Å². The maximum atomic E-state index is 14.5. The van der Waals surface area contributed by atoms with Crippen LogP contribution in [0.25, 0.3) is 17.5 Å². The highest BCUT2D eigenvalue weighted by Crippen LogP contribution is 2.38. The first-order valence-corrected chi connectivity index (χ1v) is 16.3. The third-order valence-corrected chi connectivity index (χ3v) is 9.50. The molecule has 8 nitrogen and oxygen atoms in total. The van der Waals surface area contributed by atoms with Crippen molar-refractivity contribution in [2.75, 3.05) is 20.8 Å². The Balaban J connectivity index is 1.63. The monoisotopic (exact) mass is 647 g/mol. The lowest BCUT2D eigenvalue weighted by atomic mass is 9.93. The van der Waals surface area contributed by atoms with Crippen molar-refractivity contribution in [2.45, 2.75) is 40.7 Å². The molecule has 240 valence electrons. The van der Waals surface area contributed by atoms with Gasteiger partial charge in [0.15, 0.2) is 16.3 Å². The molecule has 0 radical (unpaired) electrons. The molecule has 0 bridgehead atoms. The molecule has 6 rings (SSSR count). The highest BCUT2D eigenvalue weighted by molar-refractivity contribution is 7.07. The summed E-state index contributed by atoms with van der Waals surface area (Å²) in [6.07, 6.45) is 1.93. The molecule has 0 spiro atoms. The molecule has 1 aliphatic rings. The first-order chi connectivity index (χ1) is 22.7. The molecule has 5 aromatic rings. The Labute approximate surface area is 277 Å². The maximum absolute atomic E-state index is 14.5. The van der Waals surface area contributed by atoms with Crippen LogP contribution in [0.5, 0.6) is 11.5 Å². The predicted molar refractivity (Wildman–Crippen MR) is 185 cm³/mol. The van der Waals surface area contributed by atoms with Crippen molar-refractivity contribution < 1.29 is 19.0 Å². The smallest absolute Gasteiger partial charge is 0.338 e. The minimum Gasteiger partial charge on any atom is -0.493 e. The Morgan fingerprint density at radius 2 is 1.62 bits per heavy atom. The third-order valence-electron chi connectivity index (χ3n) is 8.52. The van der Waals surface area contributed by atoms with E-state index in [1.54, 1.807) is 37.8 Å². The minimum atomic E-state index is -0.829. The number of rotatable bonds is 8. The van der Waals surface area contributed by atoms with E-state index in [4.69, 9.17) is 19.2 Å². The van der Waals surface area contributed by atoms with Crippen LogP contribution in [0.4, 0.5) is 0 Å². The number of para-hydroxylation sites is 1. The van der Waals surface area contributed by atoms with Crippen LogP contribution in [0, 0.1) is 27.7 Å². The van der Waals surface area contributed by atoms with Crippen LogP contribution < -0.4 is 24.4 Å². The lowest BCUT2D eigenvalue weighted by Gasteiger charge is -2.26. The van der Waals surface area contributed by atoms with E-state index < -0.39 is 12.0 Å². The number of ether oxygens (including phenoxy) is 3. The summed E-state index contributed by atoms with van der Waals surface area (Å²) < 4.78 is 21.1. The molecule has 0 N–H and O–H groups in total. The number of aryl methyl sites for hydroxylation is 3. The van der Waals surface area contributed by atoms with E-state index in [2.05, 4.69) is 56.5 Å². The van der Waals surface area contributed by atoms with Crippen LogP contribution in [0.2, 0.25) is 0 Å². The SMILES string of the molecule is CCOC(=O)C1=C(c2ccccc2)N=c2s/c(=C/c3cc(C)n(-c4c(C)cccc4C)c3C)c(=O)n2[C@@H]1c1ccc(OC)c(OC)c1. The number of hydrogen-bond donors (Lipinski definition) is 0. The van der Waals surface area contributed by atoms with Crippen molar-refractivity contribution >= 4 is 29.1 Å². The number of hydrogen-bond acceptors (Lipinski definition) is 7. The van der Waals surface area contributed by atoms with Crippen molar-refractivity contribution in [3.63, 3.8) is 0 Å². The van der Waals surface area contributed by atoms with Crippen LogP contribution in [-0.4, -0.2) is 35.9 Å². The standard InChI is InChI=1S/C38H37N3O5S/c1-8-46-37(43)32-33(26-15-10-9-11-16-26)39-38-41(35(32)27-17-18-29(44-6)30(20-27)45-7)36(42)31(47-38)21-28-19-24(4)40(25(28)5)34-22(2)13-12-14-23(34)3/h9-21,35H,8H2,1-7H3/b31-21+/t35-/m1/s1. The quantitative estimate of drug-likeness (QED) is 0.194. The van der Waals surface area contributed by atoms with E-state index in [9.17, 15) is 9.59 Å². The number of carbonyl (C=O) groups excluding carboxylic acids is 1. The zero-order chi connectivity index (χ0) is 33.4. The van der Waals surface area contributed by atoms with Crippen molar-refractivity contribution in [1.29, 1.82) is 0 Å². The van der Waals surface area contributed by atoms with Gasteiger partial charge in [0, 0.05) is 17.0 Å². The molecule has 0 saturated heterocycles. The van der Waals surface area contributed by atoms with Crippen LogP contribution >= 0.6 is 11.3 Å². The topological polar surface area (TPSA) is 84.1 Å². The Morgan fingerprint density at radius 1 is 0.915 bits per heavy atom. The summed E-state index contributed by atoms with van der Waals surface area (Å²) in [4.78, 5) is 33.7. The molecule has 47 heavy (non-hydrogen) atoms. The zero-order valence-electron chi connectivity index (χ0n) is 27.6.